The predicted molar refractivity (Wildman–Crippen MR) is 201 cm³/mol. The van der Waals surface area contributed by atoms with Gasteiger partial charge >= 0.3 is 0 Å². The summed E-state index contributed by atoms with van der Waals surface area (Å²) in [5.41, 5.74) is 0. The first kappa shape index (κ1) is 53.6. The van der Waals surface area contributed by atoms with E-state index >= 15 is 0 Å². The third kappa shape index (κ3) is 10.5. The lowest BCUT2D eigenvalue weighted by atomic mass is 9.94. The molecule has 22 fully saturated rings. The maximum atomic E-state index is 11.4. The average Bonchev–Trinajstić information content (AvgIpc) is 3.32. The van der Waals surface area contributed by atoms with Crippen LogP contribution in [-0.2, 0) is 61.6 Å². The first-order chi connectivity index (χ1) is 31.9. The molecule has 67 heavy (non-hydrogen) atoms. The Morgan fingerprint density at radius 1 is 0.254 bits per heavy atom. The number of aliphatic hydroxyl groups excluding tert-OH is 17. The largest absolute Gasteiger partial charge is 0.394 e. The Bertz CT molecular complexity index is 1530. The molecule has 0 radical (unpaired) electrons. The quantitative estimate of drug-likeness (QED) is 0.113. The molecule has 0 aromatic rings. The maximum absolute atomic E-state index is 11.4. The minimum Gasteiger partial charge on any atom is -0.394 e. The molecule has 30 atom stereocenters. The molecule has 390 valence electrons. The molecule has 0 spiro atoms. The van der Waals surface area contributed by atoms with Crippen molar-refractivity contribution in [1.29, 1.82) is 0 Å². The molecule has 30 unspecified atom stereocenters. The van der Waals surface area contributed by atoms with E-state index in [1.807, 2.05) is 0 Å². The van der Waals surface area contributed by atoms with Gasteiger partial charge in [-0.3, -0.25) is 0 Å². The van der Waals surface area contributed by atoms with Crippen LogP contribution in [0.1, 0.15) is 0 Å². The zero-order valence-corrected chi connectivity index (χ0v) is 35.5. The van der Waals surface area contributed by atoms with Crippen LogP contribution >= 0.6 is 0 Å². The van der Waals surface area contributed by atoms with Crippen LogP contribution in [0.3, 0.4) is 0 Å². The summed E-state index contributed by atoms with van der Waals surface area (Å²) in [5, 5.41) is 186. The topological polar surface area (TPSA) is 464 Å². The van der Waals surface area contributed by atoms with E-state index < -0.39 is 224 Å². The SMILES string of the molecule is COCC1OC2OC3C(CO)OC(OC4C(CO)OC(OC5C(CO)OC(OC6C(CO)OC(OC7C(CO)OC(OC1C(O)C2O)C(O)C7O)C(O)C6O)C(O)C5O)C(O)C4O)C(O)C3O. The summed E-state index contributed by atoms with van der Waals surface area (Å²) in [6, 6.07) is 0. The fourth-order valence-corrected chi connectivity index (χ4v) is 9.08. The van der Waals surface area contributed by atoms with Gasteiger partial charge in [-0.15, -0.1) is 0 Å². The molecule has 12 bridgehead atoms. The summed E-state index contributed by atoms with van der Waals surface area (Å²) in [6.45, 7) is -5.35. The van der Waals surface area contributed by atoms with Crippen molar-refractivity contribution in [3.05, 3.63) is 0 Å². The summed E-state index contributed by atoms with van der Waals surface area (Å²) >= 11 is 0. The standard InChI is InChI=1S/C37H62O30/c1-55-7-13-31-19(48)25(54)37(61-13)66-30-12(6-42)59-35(23(52)17(30)46)64-28-10(4-40)57-33(21(50)15(28)44)62-26-8(2-38)56-32(20(49)14(26)43)63-27-9(3-39)58-34(22(51)16(27)45)65-29-11(5-41)60-36(67-31)24(53)18(29)47/h8-54H,2-7H2,1H3. The zero-order valence-electron chi connectivity index (χ0n) is 35.5. The van der Waals surface area contributed by atoms with E-state index in [-0.39, 0.29) is 0 Å². The fraction of sp³-hybridized carbons (Fsp3) is 1.00. The molecule has 0 aromatic heterocycles. The third-order valence-electron chi connectivity index (χ3n) is 12.8. The number of methoxy groups -OCH3 is 1. The smallest absolute Gasteiger partial charge is 0.187 e. The van der Waals surface area contributed by atoms with Crippen LogP contribution in [0.15, 0.2) is 0 Å². The van der Waals surface area contributed by atoms with Crippen LogP contribution in [0.2, 0.25) is 0 Å². The Kier molecular flexibility index (Phi) is 18.2. The van der Waals surface area contributed by atoms with Crippen LogP contribution in [0.5, 0.6) is 0 Å². The second-order valence-electron chi connectivity index (χ2n) is 17.1. The van der Waals surface area contributed by atoms with Gasteiger partial charge in [0.15, 0.2) is 37.7 Å². The second kappa shape index (κ2) is 22.7. The van der Waals surface area contributed by atoms with Gasteiger partial charge in [0, 0.05) is 7.11 Å². The van der Waals surface area contributed by atoms with Crippen LogP contribution in [0.4, 0.5) is 0 Å². The average molecular weight is 987 g/mol. The zero-order chi connectivity index (χ0) is 48.8. The molecule has 30 nitrogen and oxygen atoms in total. The Morgan fingerprint density at radius 3 is 0.582 bits per heavy atom. The van der Waals surface area contributed by atoms with Crippen molar-refractivity contribution in [2.45, 2.75) is 184 Å². The van der Waals surface area contributed by atoms with Crippen LogP contribution in [0.25, 0.3) is 0 Å². The molecule has 22 heterocycles. The molecule has 0 aliphatic carbocycles. The minimum absolute atomic E-state index is 0.429. The highest BCUT2D eigenvalue weighted by atomic mass is 16.8. The number of hydrogen-bond donors (Lipinski definition) is 17. The van der Waals surface area contributed by atoms with Gasteiger partial charge in [0.2, 0.25) is 0 Å². The van der Waals surface area contributed by atoms with Gasteiger partial charge in [0.1, 0.15) is 146 Å². The van der Waals surface area contributed by atoms with E-state index in [4.69, 9.17) is 61.6 Å². The van der Waals surface area contributed by atoms with E-state index in [1.54, 1.807) is 0 Å². The van der Waals surface area contributed by atoms with Crippen molar-refractivity contribution in [2.75, 3.05) is 46.8 Å². The lowest BCUT2D eigenvalue weighted by Gasteiger charge is -2.50. The lowest BCUT2D eigenvalue weighted by molar-refractivity contribution is -0.404. The van der Waals surface area contributed by atoms with Crippen LogP contribution in [0, 0.1) is 0 Å². The summed E-state index contributed by atoms with van der Waals surface area (Å²) in [6.07, 6.45) is -57.4. The van der Waals surface area contributed by atoms with Crippen molar-refractivity contribution >= 4 is 0 Å². The van der Waals surface area contributed by atoms with E-state index in [2.05, 4.69) is 0 Å². The van der Waals surface area contributed by atoms with Crippen molar-refractivity contribution in [2.24, 2.45) is 0 Å². The van der Waals surface area contributed by atoms with Gasteiger partial charge < -0.3 is 148 Å². The molecule has 17 N–H and O–H groups in total. The normalized spacial score (nSPS) is 54.7. The first-order valence-electron chi connectivity index (χ1n) is 21.5. The number of aliphatic hydroxyl groups is 17. The molecular formula is C37H62O30. The third-order valence-corrected chi connectivity index (χ3v) is 12.8. The maximum Gasteiger partial charge on any atom is 0.187 e. The van der Waals surface area contributed by atoms with Crippen molar-refractivity contribution in [1.82, 2.24) is 0 Å². The summed E-state index contributed by atoms with van der Waals surface area (Å²) in [5.74, 6) is 0. The molecule has 22 aliphatic heterocycles. The monoisotopic (exact) mass is 986 g/mol. The molecule has 22 aliphatic rings. The summed E-state index contributed by atoms with van der Waals surface area (Å²) < 4.78 is 73.8. The molecule has 0 aromatic carbocycles. The van der Waals surface area contributed by atoms with Gasteiger partial charge in [0.05, 0.1) is 39.6 Å². The molecule has 0 saturated carbocycles. The van der Waals surface area contributed by atoms with Crippen molar-refractivity contribution < 1.29 is 148 Å². The summed E-state index contributed by atoms with van der Waals surface area (Å²) in [7, 11) is 1.22. The predicted octanol–water partition coefficient (Wildman–Crippen LogP) is -12.4. The Labute approximate surface area is 379 Å². The molecule has 30 heteroatoms. The van der Waals surface area contributed by atoms with Gasteiger partial charge in [0.25, 0.3) is 0 Å². The summed E-state index contributed by atoms with van der Waals surface area (Å²) in [4.78, 5) is 0. The van der Waals surface area contributed by atoms with Gasteiger partial charge in [-0.05, 0) is 0 Å². The van der Waals surface area contributed by atoms with E-state index in [9.17, 15) is 86.8 Å². The molecule has 0 amide bonds. The highest BCUT2D eigenvalue weighted by Gasteiger charge is 2.58. The van der Waals surface area contributed by atoms with E-state index in [0.717, 1.165) is 0 Å². The fourth-order valence-electron chi connectivity index (χ4n) is 9.08. The van der Waals surface area contributed by atoms with Crippen molar-refractivity contribution in [3.63, 3.8) is 0 Å². The first-order valence-corrected chi connectivity index (χ1v) is 21.5. The number of hydrogen-bond acceptors (Lipinski definition) is 30. The number of rotatable bonds is 7. The minimum atomic E-state index is -2.14. The molecule has 22 saturated heterocycles. The second-order valence-corrected chi connectivity index (χ2v) is 17.1. The van der Waals surface area contributed by atoms with Crippen molar-refractivity contribution in [3.8, 4) is 0 Å². The van der Waals surface area contributed by atoms with Gasteiger partial charge in [-0.2, -0.15) is 0 Å². The lowest BCUT2D eigenvalue weighted by Crippen LogP contribution is -2.69. The van der Waals surface area contributed by atoms with Crippen LogP contribution < -0.4 is 0 Å². The highest BCUT2D eigenvalue weighted by molar-refractivity contribution is 5.01. The Hall–Kier alpha value is -1.20. The molecule has 22 rings (SSSR count). The Morgan fingerprint density at radius 2 is 0.418 bits per heavy atom. The van der Waals surface area contributed by atoms with Gasteiger partial charge in [-0.1, -0.05) is 0 Å². The van der Waals surface area contributed by atoms with Gasteiger partial charge in [-0.25, -0.2) is 0 Å². The van der Waals surface area contributed by atoms with Crippen LogP contribution in [-0.4, -0.2) is 318 Å². The highest BCUT2D eigenvalue weighted by Crippen LogP contribution is 2.38. The molecular weight excluding hydrogens is 924 g/mol. The number of ether oxygens (including phenoxy) is 13. The Balaban J connectivity index is 1.20. The van der Waals surface area contributed by atoms with E-state index in [1.165, 1.54) is 7.11 Å². The van der Waals surface area contributed by atoms with E-state index in [0.29, 0.717) is 0 Å².